The Kier molecular flexibility index (Phi) is 4.56. The van der Waals surface area contributed by atoms with E-state index >= 15 is 0 Å². The molecule has 25 heavy (non-hydrogen) atoms. The molecule has 1 unspecified atom stereocenters. The third kappa shape index (κ3) is 3.69. The van der Waals surface area contributed by atoms with Gasteiger partial charge in [-0.05, 0) is 17.7 Å². The first-order chi connectivity index (χ1) is 11.8. The minimum atomic E-state index is -0.942. The molecule has 0 saturated heterocycles. The number of carbonyl (C=O) groups is 1. The Bertz CT molecular complexity index is 784. The molecule has 5 nitrogen and oxygen atoms in total. The Balaban J connectivity index is 1.87. The van der Waals surface area contributed by atoms with E-state index < -0.39 is 12.0 Å². The molecule has 0 fully saturated rings. The maximum absolute atomic E-state index is 13.1. The van der Waals surface area contributed by atoms with Gasteiger partial charge >= 0.3 is 5.97 Å². The molecule has 132 valence electrons. The zero-order valence-electron chi connectivity index (χ0n) is 14.7. The highest BCUT2D eigenvalue weighted by atomic mass is 19.1. The van der Waals surface area contributed by atoms with Crippen LogP contribution in [0.15, 0.2) is 30.5 Å². The predicted octanol–water partition coefficient (Wildman–Crippen LogP) is 3.10. The van der Waals surface area contributed by atoms with E-state index in [0.29, 0.717) is 25.1 Å². The SMILES string of the molecule is CC(C)(C)c1ncc2c(n1)CCN(C(C(=O)O)c1ccc(F)cc1)C2. The predicted molar refractivity (Wildman–Crippen MR) is 91.6 cm³/mol. The molecule has 0 amide bonds. The fourth-order valence-corrected chi connectivity index (χ4v) is 3.07. The van der Waals surface area contributed by atoms with Gasteiger partial charge in [-0.15, -0.1) is 0 Å². The maximum atomic E-state index is 13.1. The Labute approximate surface area is 146 Å². The second-order valence-electron chi connectivity index (χ2n) is 7.43. The lowest BCUT2D eigenvalue weighted by Crippen LogP contribution is -2.38. The van der Waals surface area contributed by atoms with Gasteiger partial charge in [0.2, 0.25) is 0 Å². The molecule has 0 spiro atoms. The van der Waals surface area contributed by atoms with Crippen molar-refractivity contribution in [1.82, 2.24) is 14.9 Å². The van der Waals surface area contributed by atoms with Crippen molar-refractivity contribution in [3.8, 4) is 0 Å². The number of carboxylic acid groups (broad SMARTS) is 1. The van der Waals surface area contributed by atoms with Crippen LogP contribution in [-0.4, -0.2) is 32.5 Å². The second-order valence-corrected chi connectivity index (χ2v) is 7.43. The van der Waals surface area contributed by atoms with Gasteiger partial charge in [-0.2, -0.15) is 0 Å². The van der Waals surface area contributed by atoms with Crippen molar-refractivity contribution < 1.29 is 14.3 Å². The fourth-order valence-electron chi connectivity index (χ4n) is 3.07. The average molecular weight is 343 g/mol. The van der Waals surface area contributed by atoms with Crippen LogP contribution in [0.4, 0.5) is 4.39 Å². The van der Waals surface area contributed by atoms with Gasteiger partial charge in [-0.1, -0.05) is 32.9 Å². The summed E-state index contributed by atoms with van der Waals surface area (Å²) in [4.78, 5) is 22.8. The van der Waals surface area contributed by atoms with E-state index in [1.165, 1.54) is 24.3 Å². The number of rotatable bonds is 3. The monoisotopic (exact) mass is 343 g/mol. The minimum Gasteiger partial charge on any atom is -0.480 e. The van der Waals surface area contributed by atoms with Crippen molar-refractivity contribution in [2.45, 2.75) is 45.2 Å². The van der Waals surface area contributed by atoms with Crippen molar-refractivity contribution in [1.29, 1.82) is 0 Å². The number of carboxylic acids is 1. The van der Waals surface area contributed by atoms with Crippen LogP contribution in [0.1, 0.15) is 49.5 Å². The van der Waals surface area contributed by atoms with E-state index in [1.807, 2.05) is 4.90 Å². The molecule has 1 aliphatic rings. The summed E-state index contributed by atoms with van der Waals surface area (Å²) < 4.78 is 13.1. The molecule has 0 radical (unpaired) electrons. The van der Waals surface area contributed by atoms with E-state index in [-0.39, 0.29) is 11.2 Å². The van der Waals surface area contributed by atoms with E-state index in [4.69, 9.17) is 0 Å². The second kappa shape index (κ2) is 6.52. The van der Waals surface area contributed by atoms with Crippen molar-refractivity contribution in [3.05, 3.63) is 58.9 Å². The van der Waals surface area contributed by atoms with Crippen LogP contribution >= 0.6 is 0 Å². The third-order valence-corrected chi connectivity index (χ3v) is 4.42. The van der Waals surface area contributed by atoms with Gasteiger partial charge in [0.1, 0.15) is 17.7 Å². The van der Waals surface area contributed by atoms with Gasteiger partial charge in [0.15, 0.2) is 0 Å². The zero-order chi connectivity index (χ0) is 18.2. The molecule has 2 heterocycles. The molecule has 1 aromatic carbocycles. The van der Waals surface area contributed by atoms with Gasteiger partial charge in [-0.3, -0.25) is 9.69 Å². The number of aromatic nitrogens is 2. The van der Waals surface area contributed by atoms with Gasteiger partial charge in [0.25, 0.3) is 0 Å². The average Bonchev–Trinajstić information content (AvgIpc) is 2.55. The molecular weight excluding hydrogens is 321 g/mol. The van der Waals surface area contributed by atoms with Crippen molar-refractivity contribution in [2.75, 3.05) is 6.54 Å². The molecule has 1 aliphatic heterocycles. The van der Waals surface area contributed by atoms with Crippen molar-refractivity contribution >= 4 is 5.97 Å². The number of hydrogen-bond acceptors (Lipinski definition) is 4. The quantitative estimate of drug-likeness (QED) is 0.928. The third-order valence-electron chi connectivity index (χ3n) is 4.42. The summed E-state index contributed by atoms with van der Waals surface area (Å²) in [6.45, 7) is 7.26. The Morgan fingerprint density at radius 1 is 1.28 bits per heavy atom. The first-order valence-corrected chi connectivity index (χ1v) is 8.33. The van der Waals surface area contributed by atoms with E-state index in [2.05, 4.69) is 30.7 Å². The van der Waals surface area contributed by atoms with Crippen LogP contribution in [0.3, 0.4) is 0 Å². The van der Waals surface area contributed by atoms with Gasteiger partial charge < -0.3 is 5.11 Å². The summed E-state index contributed by atoms with van der Waals surface area (Å²) in [6.07, 6.45) is 2.48. The summed E-state index contributed by atoms with van der Waals surface area (Å²) in [5, 5.41) is 9.68. The Morgan fingerprint density at radius 3 is 2.56 bits per heavy atom. The highest BCUT2D eigenvalue weighted by molar-refractivity contribution is 5.75. The molecule has 0 aliphatic carbocycles. The molecule has 2 aromatic rings. The number of nitrogens with zero attached hydrogens (tertiary/aromatic N) is 3. The topological polar surface area (TPSA) is 66.3 Å². The van der Waals surface area contributed by atoms with Gasteiger partial charge in [-0.25, -0.2) is 14.4 Å². The molecule has 0 saturated carbocycles. The highest BCUT2D eigenvalue weighted by Crippen LogP contribution is 2.28. The van der Waals surface area contributed by atoms with E-state index in [0.717, 1.165) is 17.1 Å². The van der Waals surface area contributed by atoms with Gasteiger partial charge in [0, 0.05) is 42.4 Å². The maximum Gasteiger partial charge on any atom is 0.325 e. The standard InChI is InChI=1S/C19H22FN3O2/c1-19(2,3)18-21-10-13-11-23(9-8-15(13)22-18)16(17(24)25)12-4-6-14(20)7-5-12/h4-7,10,16H,8-9,11H2,1-3H3,(H,24,25). The summed E-state index contributed by atoms with van der Waals surface area (Å²) in [5.74, 6) is -0.518. The highest BCUT2D eigenvalue weighted by Gasteiger charge is 2.31. The fraction of sp³-hybridized carbons (Fsp3) is 0.421. The normalized spacial score (nSPS) is 16.3. The summed E-state index contributed by atoms with van der Waals surface area (Å²) in [7, 11) is 0. The van der Waals surface area contributed by atoms with Crippen LogP contribution in [0.2, 0.25) is 0 Å². The van der Waals surface area contributed by atoms with Crippen molar-refractivity contribution in [2.24, 2.45) is 0 Å². The first-order valence-electron chi connectivity index (χ1n) is 8.33. The summed E-state index contributed by atoms with van der Waals surface area (Å²) in [5.41, 5.74) is 2.39. The Morgan fingerprint density at radius 2 is 1.96 bits per heavy atom. The number of aliphatic carboxylic acids is 1. The number of benzene rings is 1. The van der Waals surface area contributed by atoms with Crippen LogP contribution in [0, 0.1) is 5.82 Å². The lowest BCUT2D eigenvalue weighted by molar-refractivity contribution is -0.144. The van der Waals surface area contributed by atoms with E-state index in [9.17, 15) is 14.3 Å². The van der Waals surface area contributed by atoms with Crippen LogP contribution in [0.25, 0.3) is 0 Å². The lowest BCUT2D eigenvalue weighted by Gasteiger charge is -2.33. The van der Waals surface area contributed by atoms with Crippen LogP contribution < -0.4 is 0 Å². The largest absolute Gasteiger partial charge is 0.480 e. The minimum absolute atomic E-state index is 0.121. The molecule has 1 atom stereocenters. The van der Waals surface area contributed by atoms with Crippen molar-refractivity contribution in [3.63, 3.8) is 0 Å². The van der Waals surface area contributed by atoms with Crippen LogP contribution in [-0.2, 0) is 23.2 Å². The molecule has 1 aromatic heterocycles. The molecule has 6 heteroatoms. The van der Waals surface area contributed by atoms with E-state index in [1.54, 1.807) is 6.20 Å². The van der Waals surface area contributed by atoms with Crippen LogP contribution in [0.5, 0.6) is 0 Å². The number of halogens is 1. The van der Waals surface area contributed by atoms with Gasteiger partial charge in [0.05, 0.1) is 0 Å². The summed E-state index contributed by atoms with van der Waals surface area (Å²) >= 11 is 0. The smallest absolute Gasteiger partial charge is 0.325 e. The molecule has 3 rings (SSSR count). The zero-order valence-corrected chi connectivity index (χ0v) is 14.7. The number of hydrogen-bond donors (Lipinski definition) is 1. The summed E-state index contributed by atoms with van der Waals surface area (Å²) in [6, 6.07) is 4.84. The lowest BCUT2D eigenvalue weighted by atomic mass is 9.94. The molecular formula is C19H22FN3O2. The molecule has 1 N–H and O–H groups in total. The Hall–Kier alpha value is -2.34. The molecule has 0 bridgehead atoms. The first kappa shape index (κ1) is 17.5. The number of fused-ring (bicyclic) bond motifs is 1.